The van der Waals surface area contributed by atoms with Crippen molar-refractivity contribution in [3.8, 4) is 11.5 Å². The van der Waals surface area contributed by atoms with Crippen LogP contribution in [-0.4, -0.2) is 39.9 Å². The number of carbonyl (C=O) groups is 1. The summed E-state index contributed by atoms with van der Waals surface area (Å²) in [6.07, 6.45) is 0.974. The van der Waals surface area contributed by atoms with E-state index >= 15 is 0 Å². The van der Waals surface area contributed by atoms with Gasteiger partial charge in [-0.05, 0) is 12.5 Å². The van der Waals surface area contributed by atoms with Crippen LogP contribution in [0.2, 0.25) is 0 Å². The fourth-order valence-electron chi connectivity index (χ4n) is 2.17. The third-order valence-electron chi connectivity index (χ3n) is 3.38. The molecule has 0 radical (unpaired) electrons. The number of anilines is 1. The molecule has 0 saturated carbocycles. The SMILES string of the molecule is COc1cc(N)c(C(=O)NCC2CCOC2)cc1OC. The minimum absolute atomic E-state index is 0.213. The highest BCUT2D eigenvalue weighted by Crippen LogP contribution is 2.31. The number of carbonyl (C=O) groups excluding carboxylic acids is 1. The fourth-order valence-corrected chi connectivity index (χ4v) is 2.17. The molecule has 0 spiro atoms. The Hall–Kier alpha value is -1.95. The molecule has 0 bridgehead atoms. The molecule has 1 saturated heterocycles. The zero-order valence-electron chi connectivity index (χ0n) is 11.8. The third-order valence-corrected chi connectivity index (χ3v) is 3.38. The van der Waals surface area contributed by atoms with Crippen LogP contribution in [0.4, 0.5) is 5.69 Å². The molecular formula is C14H20N2O4. The van der Waals surface area contributed by atoms with E-state index in [9.17, 15) is 4.79 Å². The molecule has 1 aromatic carbocycles. The van der Waals surface area contributed by atoms with Crippen molar-refractivity contribution in [3.63, 3.8) is 0 Å². The van der Waals surface area contributed by atoms with Gasteiger partial charge >= 0.3 is 0 Å². The standard InChI is InChI=1S/C14H20N2O4/c1-18-12-5-10(11(15)6-13(12)19-2)14(17)16-7-9-3-4-20-8-9/h5-6,9H,3-4,7-8,15H2,1-2H3,(H,16,17). The first-order valence-corrected chi connectivity index (χ1v) is 6.53. The lowest BCUT2D eigenvalue weighted by Gasteiger charge is -2.14. The van der Waals surface area contributed by atoms with Crippen LogP contribution < -0.4 is 20.5 Å². The summed E-state index contributed by atoms with van der Waals surface area (Å²) in [5.41, 5.74) is 6.64. The zero-order valence-corrected chi connectivity index (χ0v) is 11.8. The molecule has 20 heavy (non-hydrogen) atoms. The number of nitrogens with two attached hydrogens (primary N) is 1. The Kier molecular flexibility index (Phi) is 4.68. The lowest BCUT2D eigenvalue weighted by atomic mass is 10.1. The molecular weight excluding hydrogens is 260 g/mol. The number of methoxy groups -OCH3 is 2. The maximum atomic E-state index is 12.2. The number of hydrogen-bond donors (Lipinski definition) is 2. The van der Waals surface area contributed by atoms with Gasteiger partial charge in [0.25, 0.3) is 5.91 Å². The van der Waals surface area contributed by atoms with Crippen molar-refractivity contribution >= 4 is 11.6 Å². The lowest BCUT2D eigenvalue weighted by Crippen LogP contribution is -2.30. The van der Waals surface area contributed by atoms with Gasteiger partial charge in [0, 0.05) is 30.8 Å². The molecule has 1 atom stereocenters. The van der Waals surface area contributed by atoms with Gasteiger partial charge in [0.2, 0.25) is 0 Å². The highest BCUT2D eigenvalue weighted by Gasteiger charge is 2.19. The Morgan fingerprint density at radius 2 is 2.10 bits per heavy atom. The second kappa shape index (κ2) is 6.47. The summed E-state index contributed by atoms with van der Waals surface area (Å²) in [7, 11) is 3.04. The van der Waals surface area contributed by atoms with Crippen LogP contribution >= 0.6 is 0 Å². The number of hydrogen-bond acceptors (Lipinski definition) is 5. The average Bonchev–Trinajstić information content (AvgIpc) is 2.97. The van der Waals surface area contributed by atoms with E-state index < -0.39 is 0 Å². The maximum Gasteiger partial charge on any atom is 0.253 e. The van der Waals surface area contributed by atoms with Crippen molar-refractivity contribution < 1.29 is 19.0 Å². The van der Waals surface area contributed by atoms with Gasteiger partial charge in [-0.3, -0.25) is 4.79 Å². The summed E-state index contributed by atoms with van der Waals surface area (Å²) in [6, 6.07) is 3.18. The molecule has 1 unspecified atom stereocenters. The summed E-state index contributed by atoms with van der Waals surface area (Å²) >= 11 is 0. The molecule has 1 aromatic rings. The monoisotopic (exact) mass is 280 g/mol. The van der Waals surface area contributed by atoms with E-state index in [1.54, 1.807) is 12.1 Å². The topological polar surface area (TPSA) is 82.8 Å². The molecule has 1 aliphatic heterocycles. The Balaban J connectivity index is 2.08. The van der Waals surface area contributed by atoms with Crippen molar-refractivity contribution in [1.29, 1.82) is 0 Å². The van der Waals surface area contributed by atoms with Crippen molar-refractivity contribution in [2.45, 2.75) is 6.42 Å². The van der Waals surface area contributed by atoms with Gasteiger partial charge in [-0.2, -0.15) is 0 Å². The molecule has 1 aliphatic rings. The van der Waals surface area contributed by atoms with E-state index in [4.69, 9.17) is 19.9 Å². The van der Waals surface area contributed by atoms with Gasteiger partial charge in [0.05, 0.1) is 26.4 Å². The quantitative estimate of drug-likeness (QED) is 0.788. The highest BCUT2D eigenvalue weighted by atomic mass is 16.5. The Morgan fingerprint density at radius 1 is 1.40 bits per heavy atom. The molecule has 6 heteroatoms. The largest absolute Gasteiger partial charge is 0.493 e. The first-order chi connectivity index (χ1) is 9.65. The predicted octanol–water partition coefficient (Wildman–Crippen LogP) is 1.05. The molecule has 1 heterocycles. The molecule has 0 aliphatic carbocycles. The Bertz CT molecular complexity index is 484. The van der Waals surface area contributed by atoms with Crippen LogP contribution in [0.15, 0.2) is 12.1 Å². The molecule has 0 aromatic heterocycles. The summed E-state index contributed by atoms with van der Waals surface area (Å²) in [6.45, 7) is 2.05. The summed E-state index contributed by atoms with van der Waals surface area (Å²) in [5, 5.41) is 2.88. The van der Waals surface area contributed by atoms with Crippen molar-refractivity contribution in [2.75, 3.05) is 39.7 Å². The number of nitrogens with one attached hydrogen (secondary N) is 1. The molecule has 1 amide bonds. The Labute approximate surface area is 118 Å². The van der Waals surface area contributed by atoms with Gasteiger partial charge in [-0.15, -0.1) is 0 Å². The van der Waals surface area contributed by atoms with E-state index in [0.29, 0.717) is 41.8 Å². The second-order valence-corrected chi connectivity index (χ2v) is 4.73. The van der Waals surface area contributed by atoms with E-state index in [0.717, 1.165) is 13.0 Å². The van der Waals surface area contributed by atoms with E-state index in [-0.39, 0.29) is 5.91 Å². The van der Waals surface area contributed by atoms with Gasteiger partial charge in [-0.25, -0.2) is 0 Å². The Morgan fingerprint density at radius 3 is 2.70 bits per heavy atom. The van der Waals surface area contributed by atoms with Crippen molar-refractivity contribution in [3.05, 3.63) is 17.7 Å². The van der Waals surface area contributed by atoms with Crippen molar-refractivity contribution in [2.24, 2.45) is 5.92 Å². The average molecular weight is 280 g/mol. The first kappa shape index (κ1) is 14.5. The lowest BCUT2D eigenvalue weighted by molar-refractivity contribution is 0.0945. The van der Waals surface area contributed by atoms with Crippen LogP contribution in [0, 0.1) is 5.92 Å². The fraction of sp³-hybridized carbons (Fsp3) is 0.500. The number of rotatable bonds is 5. The summed E-state index contributed by atoms with van der Waals surface area (Å²) in [5.74, 6) is 1.15. The first-order valence-electron chi connectivity index (χ1n) is 6.53. The molecule has 3 N–H and O–H groups in total. The van der Waals surface area contributed by atoms with Gasteiger partial charge in [0.15, 0.2) is 11.5 Å². The number of nitrogen functional groups attached to an aromatic ring is 1. The van der Waals surface area contributed by atoms with Crippen LogP contribution in [0.3, 0.4) is 0 Å². The normalized spacial score (nSPS) is 17.8. The smallest absolute Gasteiger partial charge is 0.253 e. The zero-order chi connectivity index (χ0) is 14.5. The maximum absolute atomic E-state index is 12.2. The van der Waals surface area contributed by atoms with Crippen molar-refractivity contribution in [1.82, 2.24) is 5.32 Å². The van der Waals surface area contributed by atoms with E-state index in [1.165, 1.54) is 14.2 Å². The number of ether oxygens (including phenoxy) is 3. The molecule has 1 fully saturated rings. The molecule has 110 valence electrons. The molecule has 2 rings (SSSR count). The third kappa shape index (κ3) is 3.14. The van der Waals surface area contributed by atoms with E-state index in [1.807, 2.05) is 0 Å². The minimum atomic E-state index is -0.213. The van der Waals surface area contributed by atoms with Crippen LogP contribution in [0.25, 0.3) is 0 Å². The second-order valence-electron chi connectivity index (χ2n) is 4.73. The summed E-state index contributed by atoms with van der Waals surface area (Å²) in [4.78, 5) is 12.2. The highest BCUT2D eigenvalue weighted by molar-refractivity contribution is 6.00. The summed E-state index contributed by atoms with van der Waals surface area (Å²) < 4.78 is 15.6. The van der Waals surface area contributed by atoms with Crippen LogP contribution in [0.5, 0.6) is 11.5 Å². The van der Waals surface area contributed by atoms with Crippen LogP contribution in [0.1, 0.15) is 16.8 Å². The number of amides is 1. The van der Waals surface area contributed by atoms with Gasteiger partial charge < -0.3 is 25.3 Å². The van der Waals surface area contributed by atoms with E-state index in [2.05, 4.69) is 5.32 Å². The number of benzene rings is 1. The minimum Gasteiger partial charge on any atom is -0.493 e. The predicted molar refractivity (Wildman–Crippen MR) is 75.2 cm³/mol. The molecule has 6 nitrogen and oxygen atoms in total. The van der Waals surface area contributed by atoms with Crippen LogP contribution in [-0.2, 0) is 4.74 Å². The van der Waals surface area contributed by atoms with Gasteiger partial charge in [-0.1, -0.05) is 0 Å². The van der Waals surface area contributed by atoms with Gasteiger partial charge in [0.1, 0.15) is 0 Å².